The summed E-state index contributed by atoms with van der Waals surface area (Å²) in [6.45, 7) is 1.97. The first-order chi connectivity index (χ1) is 9.57. The van der Waals surface area contributed by atoms with E-state index in [1.165, 1.54) is 0 Å². The summed E-state index contributed by atoms with van der Waals surface area (Å²) in [6, 6.07) is 5.87. The Balaban J connectivity index is 0.00000161. The van der Waals surface area contributed by atoms with E-state index in [2.05, 4.69) is 10.1 Å². The number of hydrogen-bond acceptors (Lipinski definition) is 4. The van der Waals surface area contributed by atoms with Crippen LogP contribution in [0.2, 0.25) is 5.02 Å². The summed E-state index contributed by atoms with van der Waals surface area (Å²) >= 11 is 6.08. The standard InChI is InChI=1S/C15H16ClN3O.ClH/c1-10-3-4-11(9-12(10)16)5-6-13-18-14(19-20-13)15(17)7-2-8-15;/h3-6,9H,2,7-8,17H2,1H3;1H/b6-5+;. The normalized spacial score (nSPS) is 16.5. The summed E-state index contributed by atoms with van der Waals surface area (Å²) in [5.74, 6) is 1.07. The van der Waals surface area contributed by atoms with Crippen LogP contribution in [0.4, 0.5) is 0 Å². The van der Waals surface area contributed by atoms with Gasteiger partial charge in [0.05, 0.1) is 5.54 Å². The molecule has 3 rings (SSSR count). The molecule has 0 spiro atoms. The van der Waals surface area contributed by atoms with Gasteiger partial charge in [-0.05, 0) is 49.5 Å². The van der Waals surface area contributed by atoms with Crippen molar-refractivity contribution in [3.8, 4) is 0 Å². The van der Waals surface area contributed by atoms with Gasteiger partial charge >= 0.3 is 0 Å². The van der Waals surface area contributed by atoms with Crippen molar-refractivity contribution >= 4 is 36.2 Å². The molecule has 0 amide bonds. The molecule has 112 valence electrons. The van der Waals surface area contributed by atoms with E-state index < -0.39 is 0 Å². The van der Waals surface area contributed by atoms with Gasteiger partial charge in [-0.25, -0.2) is 0 Å². The van der Waals surface area contributed by atoms with Crippen LogP contribution >= 0.6 is 24.0 Å². The molecule has 6 heteroatoms. The van der Waals surface area contributed by atoms with Crippen molar-refractivity contribution in [1.29, 1.82) is 0 Å². The maximum Gasteiger partial charge on any atom is 0.250 e. The van der Waals surface area contributed by atoms with Gasteiger partial charge in [-0.15, -0.1) is 12.4 Å². The van der Waals surface area contributed by atoms with Crippen LogP contribution in [0.5, 0.6) is 0 Å². The summed E-state index contributed by atoms with van der Waals surface area (Å²) in [7, 11) is 0. The minimum Gasteiger partial charge on any atom is -0.335 e. The van der Waals surface area contributed by atoms with Crippen LogP contribution in [0.25, 0.3) is 12.2 Å². The van der Waals surface area contributed by atoms with Crippen LogP contribution in [0.15, 0.2) is 22.7 Å². The second-order valence-electron chi connectivity index (χ2n) is 5.31. The van der Waals surface area contributed by atoms with Crippen molar-refractivity contribution in [3.63, 3.8) is 0 Å². The average Bonchev–Trinajstić information content (AvgIpc) is 2.86. The SMILES string of the molecule is Cc1ccc(/C=C/c2nc(C3(N)CCC3)no2)cc1Cl.Cl. The van der Waals surface area contributed by atoms with Crippen LogP contribution < -0.4 is 5.73 Å². The maximum absolute atomic E-state index is 6.15. The molecule has 0 saturated heterocycles. The van der Waals surface area contributed by atoms with E-state index in [1.807, 2.05) is 31.2 Å². The van der Waals surface area contributed by atoms with Gasteiger partial charge in [-0.3, -0.25) is 0 Å². The second kappa shape index (κ2) is 6.18. The van der Waals surface area contributed by atoms with Crippen LogP contribution in [-0.2, 0) is 5.54 Å². The number of nitrogens with zero attached hydrogens (tertiary/aromatic N) is 2. The molecule has 1 fully saturated rings. The highest BCUT2D eigenvalue weighted by Crippen LogP contribution is 2.36. The predicted octanol–water partition coefficient (Wildman–Crippen LogP) is 3.96. The molecule has 0 bridgehead atoms. The number of aromatic nitrogens is 2. The molecule has 4 nitrogen and oxygen atoms in total. The molecule has 1 heterocycles. The zero-order valence-corrected chi connectivity index (χ0v) is 13.2. The first kappa shape index (κ1) is 16.0. The molecule has 2 aromatic rings. The molecule has 0 aliphatic heterocycles. The molecule has 21 heavy (non-hydrogen) atoms. The van der Waals surface area contributed by atoms with Gasteiger partial charge in [0, 0.05) is 11.1 Å². The first-order valence-electron chi connectivity index (χ1n) is 6.64. The van der Waals surface area contributed by atoms with Crippen LogP contribution in [0.3, 0.4) is 0 Å². The zero-order valence-electron chi connectivity index (χ0n) is 11.7. The molecule has 0 atom stereocenters. The smallest absolute Gasteiger partial charge is 0.250 e. The van der Waals surface area contributed by atoms with E-state index in [0.29, 0.717) is 11.7 Å². The molecule has 1 aliphatic rings. The molecular formula is C15H17Cl2N3O. The lowest BCUT2D eigenvalue weighted by Crippen LogP contribution is -2.44. The number of hydrogen-bond donors (Lipinski definition) is 1. The lowest BCUT2D eigenvalue weighted by Gasteiger charge is -2.34. The number of rotatable bonds is 3. The van der Waals surface area contributed by atoms with Gasteiger partial charge in [0.25, 0.3) is 5.89 Å². The highest BCUT2D eigenvalue weighted by molar-refractivity contribution is 6.31. The Morgan fingerprint density at radius 2 is 2.10 bits per heavy atom. The average molecular weight is 326 g/mol. The van der Waals surface area contributed by atoms with E-state index >= 15 is 0 Å². The van der Waals surface area contributed by atoms with E-state index in [0.717, 1.165) is 35.4 Å². The third-order valence-corrected chi connectivity index (χ3v) is 4.15. The molecular weight excluding hydrogens is 309 g/mol. The van der Waals surface area contributed by atoms with Crippen molar-refractivity contribution in [2.45, 2.75) is 31.7 Å². The van der Waals surface area contributed by atoms with Crippen molar-refractivity contribution < 1.29 is 4.52 Å². The molecule has 1 aromatic heterocycles. The fourth-order valence-corrected chi connectivity index (χ4v) is 2.36. The fourth-order valence-electron chi connectivity index (χ4n) is 2.17. The molecule has 1 aromatic carbocycles. The van der Waals surface area contributed by atoms with Crippen molar-refractivity contribution in [3.05, 3.63) is 46.1 Å². The Kier molecular flexibility index (Phi) is 4.71. The quantitative estimate of drug-likeness (QED) is 0.927. The van der Waals surface area contributed by atoms with Crippen LogP contribution in [0.1, 0.15) is 42.1 Å². The molecule has 2 N–H and O–H groups in total. The lowest BCUT2D eigenvalue weighted by molar-refractivity contribution is 0.229. The summed E-state index contributed by atoms with van der Waals surface area (Å²) < 4.78 is 5.20. The summed E-state index contributed by atoms with van der Waals surface area (Å²) in [4.78, 5) is 4.34. The maximum atomic E-state index is 6.15. The predicted molar refractivity (Wildman–Crippen MR) is 86.4 cm³/mol. The minimum atomic E-state index is -0.386. The Morgan fingerprint density at radius 1 is 1.33 bits per heavy atom. The number of benzene rings is 1. The summed E-state index contributed by atoms with van der Waals surface area (Å²) in [6.07, 6.45) is 6.64. The monoisotopic (exact) mass is 325 g/mol. The highest BCUT2D eigenvalue weighted by Gasteiger charge is 2.38. The van der Waals surface area contributed by atoms with Crippen LogP contribution in [0, 0.1) is 6.92 Å². The third kappa shape index (κ3) is 3.28. The number of nitrogens with two attached hydrogens (primary N) is 1. The number of aryl methyl sites for hydroxylation is 1. The van der Waals surface area contributed by atoms with Crippen molar-refractivity contribution in [1.82, 2.24) is 10.1 Å². The summed E-state index contributed by atoms with van der Waals surface area (Å²) in [5.41, 5.74) is 7.82. The van der Waals surface area contributed by atoms with Gasteiger partial charge in [0.15, 0.2) is 5.82 Å². The molecule has 0 radical (unpaired) electrons. The van der Waals surface area contributed by atoms with Crippen LogP contribution in [-0.4, -0.2) is 10.1 Å². The first-order valence-corrected chi connectivity index (χ1v) is 7.02. The second-order valence-corrected chi connectivity index (χ2v) is 5.72. The Bertz CT molecular complexity index is 663. The molecule has 1 aliphatic carbocycles. The lowest BCUT2D eigenvalue weighted by atomic mass is 9.77. The Labute approximate surface area is 134 Å². The van der Waals surface area contributed by atoms with E-state index in [4.69, 9.17) is 21.9 Å². The Hall–Kier alpha value is -1.36. The minimum absolute atomic E-state index is 0. The van der Waals surface area contributed by atoms with E-state index in [-0.39, 0.29) is 17.9 Å². The summed E-state index contributed by atoms with van der Waals surface area (Å²) in [5, 5.41) is 4.71. The van der Waals surface area contributed by atoms with Gasteiger partial charge in [-0.2, -0.15) is 4.98 Å². The largest absolute Gasteiger partial charge is 0.335 e. The van der Waals surface area contributed by atoms with Gasteiger partial charge < -0.3 is 10.3 Å². The Morgan fingerprint density at radius 3 is 2.71 bits per heavy atom. The topological polar surface area (TPSA) is 64.9 Å². The number of halogens is 2. The van der Waals surface area contributed by atoms with E-state index in [9.17, 15) is 0 Å². The highest BCUT2D eigenvalue weighted by atomic mass is 35.5. The van der Waals surface area contributed by atoms with Gasteiger partial charge in [0.1, 0.15) is 0 Å². The van der Waals surface area contributed by atoms with Crippen molar-refractivity contribution in [2.75, 3.05) is 0 Å². The van der Waals surface area contributed by atoms with E-state index in [1.54, 1.807) is 6.08 Å². The van der Waals surface area contributed by atoms with Gasteiger partial charge in [-0.1, -0.05) is 28.9 Å². The van der Waals surface area contributed by atoms with Crippen molar-refractivity contribution in [2.24, 2.45) is 5.73 Å². The van der Waals surface area contributed by atoms with Gasteiger partial charge in [0.2, 0.25) is 0 Å². The fraction of sp³-hybridized carbons (Fsp3) is 0.333. The molecule has 1 saturated carbocycles. The zero-order chi connectivity index (χ0) is 14.2. The molecule has 0 unspecified atom stereocenters. The third-order valence-electron chi connectivity index (χ3n) is 3.75.